The van der Waals surface area contributed by atoms with E-state index >= 15 is 0 Å². The molecule has 1 heteroatoms. The molecule has 0 amide bonds. The molecule has 0 spiro atoms. The van der Waals surface area contributed by atoms with Gasteiger partial charge >= 0.3 is 76.6 Å². The van der Waals surface area contributed by atoms with E-state index in [1.807, 2.05) is 0 Å². The van der Waals surface area contributed by atoms with Crippen molar-refractivity contribution in [1.82, 2.24) is 0 Å². The van der Waals surface area contributed by atoms with Gasteiger partial charge in [-0.05, 0) is 0 Å². The van der Waals surface area contributed by atoms with E-state index in [-0.39, 0.29) is 0 Å². The number of benzene rings is 1. The summed E-state index contributed by atoms with van der Waals surface area (Å²) in [6.07, 6.45) is 0. The Morgan fingerprint density at radius 3 is 1.73 bits per heavy atom. The summed E-state index contributed by atoms with van der Waals surface area (Å²) in [5.41, 5.74) is 2.83. The van der Waals surface area contributed by atoms with Gasteiger partial charge in [0.2, 0.25) is 0 Å². The normalized spacial score (nSPS) is 10.6. The van der Waals surface area contributed by atoms with Crippen molar-refractivity contribution in [2.45, 2.75) is 23.6 Å². The number of hydrogen-bond acceptors (Lipinski definition) is 0. The van der Waals surface area contributed by atoms with Crippen molar-refractivity contribution in [1.29, 1.82) is 0 Å². The summed E-state index contributed by atoms with van der Waals surface area (Å²) in [4.78, 5) is 4.83. The zero-order valence-corrected chi connectivity index (χ0v) is 10.2. The SMILES string of the molecule is Cc1cc(C)c[c]([Sb]([CH3])[CH3])c1. The summed E-state index contributed by atoms with van der Waals surface area (Å²) in [5.74, 6) is 0. The fraction of sp³-hybridized carbons (Fsp3) is 0.400. The third kappa shape index (κ3) is 2.52. The molecule has 0 bridgehead atoms. The molecule has 0 aliphatic heterocycles. The van der Waals surface area contributed by atoms with Crippen LogP contribution in [0.2, 0.25) is 9.74 Å². The van der Waals surface area contributed by atoms with E-state index in [0.717, 1.165) is 0 Å². The summed E-state index contributed by atoms with van der Waals surface area (Å²) < 4.78 is 1.63. The maximum absolute atomic E-state index is 2.41. The minimum atomic E-state index is -0.979. The summed E-state index contributed by atoms with van der Waals surface area (Å²) in [7, 11) is 0. The Bertz CT molecular complexity index is 231. The van der Waals surface area contributed by atoms with Crippen LogP contribution < -0.4 is 3.51 Å². The predicted octanol–water partition coefficient (Wildman–Crippen LogP) is 2.26. The van der Waals surface area contributed by atoms with Gasteiger partial charge in [-0.2, -0.15) is 0 Å². The van der Waals surface area contributed by atoms with Crippen LogP contribution in [-0.2, 0) is 0 Å². The van der Waals surface area contributed by atoms with Crippen LogP contribution in [-0.4, -0.2) is 20.2 Å². The first kappa shape index (κ1) is 9.13. The molecule has 0 radical (unpaired) electrons. The molecule has 0 aliphatic carbocycles. The van der Waals surface area contributed by atoms with E-state index in [2.05, 4.69) is 41.8 Å². The second-order valence-corrected chi connectivity index (χ2v) is 9.82. The molecule has 0 atom stereocenters. The zero-order chi connectivity index (χ0) is 8.43. The molecule has 1 aromatic carbocycles. The third-order valence-corrected chi connectivity index (χ3v) is 5.41. The van der Waals surface area contributed by atoms with Crippen LogP contribution >= 0.6 is 0 Å². The fourth-order valence-corrected chi connectivity index (χ4v) is 3.85. The van der Waals surface area contributed by atoms with Crippen LogP contribution in [0.1, 0.15) is 11.1 Å². The van der Waals surface area contributed by atoms with Gasteiger partial charge in [-0.1, -0.05) is 0 Å². The van der Waals surface area contributed by atoms with Crippen LogP contribution in [0.15, 0.2) is 18.2 Å². The van der Waals surface area contributed by atoms with Gasteiger partial charge in [-0.25, -0.2) is 0 Å². The van der Waals surface area contributed by atoms with Crippen molar-refractivity contribution in [3.05, 3.63) is 29.3 Å². The summed E-state index contributed by atoms with van der Waals surface area (Å²) >= 11 is -0.979. The van der Waals surface area contributed by atoms with Gasteiger partial charge < -0.3 is 0 Å². The Kier molecular flexibility index (Phi) is 3.01. The van der Waals surface area contributed by atoms with E-state index in [0.29, 0.717) is 0 Å². The molecule has 0 aromatic heterocycles. The molecule has 0 saturated heterocycles. The van der Waals surface area contributed by atoms with Gasteiger partial charge in [0.15, 0.2) is 0 Å². The quantitative estimate of drug-likeness (QED) is 0.677. The second-order valence-electron chi connectivity index (χ2n) is 3.24. The predicted molar refractivity (Wildman–Crippen MR) is 53.0 cm³/mol. The van der Waals surface area contributed by atoms with Crippen LogP contribution in [0.4, 0.5) is 0 Å². The molecule has 0 unspecified atom stereocenters. The third-order valence-electron chi connectivity index (χ3n) is 1.72. The molecule has 0 N–H and O–H groups in total. The number of hydrogen-bond donors (Lipinski definition) is 0. The molecule has 11 heavy (non-hydrogen) atoms. The van der Waals surface area contributed by atoms with Crippen molar-refractivity contribution in [3.8, 4) is 0 Å². The van der Waals surface area contributed by atoms with E-state index in [9.17, 15) is 0 Å². The summed E-state index contributed by atoms with van der Waals surface area (Å²) in [6, 6.07) is 6.93. The fourth-order valence-electron chi connectivity index (χ4n) is 1.21. The topological polar surface area (TPSA) is 0 Å². The van der Waals surface area contributed by atoms with Crippen molar-refractivity contribution >= 4 is 23.7 Å². The molecular weight excluding hydrogens is 242 g/mol. The van der Waals surface area contributed by atoms with Crippen molar-refractivity contribution < 1.29 is 0 Å². The molecule has 0 heterocycles. The van der Waals surface area contributed by atoms with Gasteiger partial charge in [-0.3, -0.25) is 0 Å². The van der Waals surface area contributed by atoms with Gasteiger partial charge in [0.05, 0.1) is 0 Å². The number of aryl methyl sites for hydroxylation is 2. The summed E-state index contributed by atoms with van der Waals surface area (Å²) in [5, 5.41) is 0. The van der Waals surface area contributed by atoms with Crippen molar-refractivity contribution in [2.75, 3.05) is 0 Å². The molecule has 60 valence electrons. The van der Waals surface area contributed by atoms with E-state index in [4.69, 9.17) is 0 Å². The Morgan fingerprint density at radius 2 is 1.36 bits per heavy atom. The van der Waals surface area contributed by atoms with Crippen LogP contribution in [0.25, 0.3) is 0 Å². The van der Waals surface area contributed by atoms with E-state index in [1.54, 1.807) is 3.51 Å². The molecule has 0 nitrogen and oxygen atoms in total. The van der Waals surface area contributed by atoms with E-state index in [1.165, 1.54) is 11.1 Å². The molecule has 1 rings (SSSR count). The maximum atomic E-state index is 2.41. The van der Waals surface area contributed by atoms with Gasteiger partial charge in [0.25, 0.3) is 0 Å². The number of rotatable bonds is 1. The summed E-state index contributed by atoms with van der Waals surface area (Å²) in [6.45, 7) is 4.36. The van der Waals surface area contributed by atoms with Gasteiger partial charge in [0.1, 0.15) is 0 Å². The molecular formula is C10H15Sb. The van der Waals surface area contributed by atoms with Gasteiger partial charge in [0, 0.05) is 0 Å². The first-order chi connectivity index (χ1) is 5.09. The average molecular weight is 257 g/mol. The molecule has 0 saturated carbocycles. The van der Waals surface area contributed by atoms with Crippen molar-refractivity contribution in [2.24, 2.45) is 0 Å². The Morgan fingerprint density at radius 1 is 0.909 bits per heavy atom. The molecule has 0 aliphatic rings. The first-order valence-electron chi connectivity index (χ1n) is 3.85. The van der Waals surface area contributed by atoms with E-state index < -0.39 is 20.2 Å². The average Bonchev–Trinajstić information content (AvgIpc) is 1.85. The van der Waals surface area contributed by atoms with Crippen LogP contribution in [0.3, 0.4) is 0 Å². The Balaban J connectivity index is 3.08. The first-order valence-corrected chi connectivity index (χ1v) is 10.2. The Hall–Kier alpha value is 0.0382. The zero-order valence-electron chi connectivity index (χ0n) is 7.68. The standard InChI is InChI=1S/C8H9.2CH3.Sb/c1-7-4-3-5-8(2)6-7;;;/h4-6H,1-2H3;2*1H3;. The minimum absolute atomic E-state index is 0.979. The van der Waals surface area contributed by atoms with Gasteiger partial charge in [-0.15, -0.1) is 0 Å². The second kappa shape index (κ2) is 3.63. The Labute approximate surface area is 76.6 Å². The molecule has 1 aromatic rings. The van der Waals surface area contributed by atoms with Crippen LogP contribution in [0.5, 0.6) is 0 Å². The van der Waals surface area contributed by atoms with Crippen molar-refractivity contribution in [3.63, 3.8) is 0 Å². The van der Waals surface area contributed by atoms with Crippen LogP contribution in [0, 0.1) is 13.8 Å². The monoisotopic (exact) mass is 256 g/mol. The molecule has 0 fully saturated rings.